The number of rotatable bonds is 3. The molecule has 0 saturated carbocycles. The molecule has 1 aromatic heterocycles. The molecule has 120 valence electrons. The van der Waals surface area contributed by atoms with E-state index in [1.165, 1.54) is 6.07 Å². The maximum atomic E-state index is 13.2. The molecule has 0 aliphatic carbocycles. The normalized spacial score (nSPS) is 15.2. The highest BCUT2D eigenvalue weighted by atomic mass is 19.2. The summed E-state index contributed by atoms with van der Waals surface area (Å²) >= 11 is 0. The van der Waals surface area contributed by atoms with Crippen molar-refractivity contribution in [3.05, 3.63) is 53.4 Å². The molecule has 3 rings (SSSR count). The molecule has 0 bridgehead atoms. The molecular weight excluding hydrogens is 302 g/mol. The lowest BCUT2D eigenvalue weighted by Crippen LogP contribution is -2.50. The fourth-order valence-corrected chi connectivity index (χ4v) is 2.49. The van der Waals surface area contributed by atoms with Crippen LogP contribution in [0.15, 0.2) is 30.5 Å². The number of nitrogens with zero attached hydrogens (tertiary/aromatic N) is 4. The third-order valence-electron chi connectivity index (χ3n) is 3.74. The number of hydrogen-bond donors (Lipinski definition) is 0. The van der Waals surface area contributed by atoms with Gasteiger partial charge in [-0.25, -0.2) is 18.7 Å². The molecule has 1 fully saturated rings. The van der Waals surface area contributed by atoms with E-state index in [9.17, 15) is 13.6 Å². The van der Waals surface area contributed by atoms with Gasteiger partial charge in [-0.15, -0.1) is 0 Å². The average molecular weight is 318 g/mol. The van der Waals surface area contributed by atoms with Gasteiger partial charge in [-0.2, -0.15) is 0 Å². The van der Waals surface area contributed by atoms with E-state index in [4.69, 9.17) is 0 Å². The molecule has 0 N–H and O–H groups in total. The van der Waals surface area contributed by atoms with Crippen molar-refractivity contribution in [1.29, 1.82) is 0 Å². The van der Waals surface area contributed by atoms with Gasteiger partial charge in [0.2, 0.25) is 11.9 Å². The molecule has 2 aromatic rings. The maximum absolute atomic E-state index is 13.2. The average Bonchev–Trinajstić information content (AvgIpc) is 2.53. The molecule has 1 saturated heterocycles. The Labute approximate surface area is 132 Å². The summed E-state index contributed by atoms with van der Waals surface area (Å²) < 4.78 is 26.2. The van der Waals surface area contributed by atoms with Crippen molar-refractivity contribution in [2.75, 3.05) is 24.5 Å². The van der Waals surface area contributed by atoms with Crippen LogP contribution in [0.3, 0.4) is 0 Å². The molecule has 7 heteroatoms. The molecular formula is C16H16F2N4O. The van der Waals surface area contributed by atoms with Gasteiger partial charge in [0.05, 0.1) is 0 Å². The molecule has 0 spiro atoms. The predicted octanol–water partition coefficient (Wildman–Crippen LogP) is 1.91. The van der Waals surface area contributed by atoms with Gasteiger partial charge in [0.1, 0.15) is 6.54 Å². The number of anilines is 1. The van der Waals surface area contributed by atoms with Gasteiger partial charge in [0.15, 0.2) is 11.6 Å². The van der Waals surface area contributed by atoms with E-state index in [1.807, 2.05) is 11.8 Å². The number of carbonyl (C=O) groups excluding carboxylic acids is 1. The Morgan fingerprint density at radius 3 is 2.70 bits per heavy atom. The van der Waals surface area contributed by atoms with Crippen LogP contribution in [0.2, 0.25) is 0 Å². The number of aromatic nitrogens is 2. The van der Waals surface area contributed by atoms with E-state index in [1.54, 1.807) is 17.2 Å². The Morgan fingerprint density at radius 1 is 1.17 bits per heavy atom. The molecule has 23 heavy (non-hydrogen) atoms. The maximum Gasteiger partial charge on any atom is 0.242 e. The fourth-order valence-electron chi connectivity index (χ4n) is 2.49. The molecule has 0 unspecified atom stereocenters. The number of aryl methyl sites for hydroxylation is 1. The predicted molar refractivity (Wildman–Crippen MR) is 80.8 cm³/mol. The van der Waals surface area contributed by atoms with E-state index < -0.39 is 11.6 Å². The van der Waals surface area contributed by atoms with E-state index >= 15 is 0 Å². The summed E-state index contributed by atoms with van der Waals surface area (Å²) in [7, 11) is 0. The third-order valence-corrected chi connectivity index (χ3v) is 3.74. The highest BCUT2D eigenvalue weighted by Crippen LogP contribution is 2.15. The van der Waals surface area contributed by atoms with E-state index in [2.05, 4.69) is 9.97 Å². The first kappa shape index (κ1) is 15.3. The minimum Gasteiger partial charge on any atom is -0.335 e. The second-order valence-electron chi connectivity index (χ2n) is 5.48. The number of piperazine rings is 1. The summed E-state index contributed by atoms with van der Waals surface area (Å²) in [5, 5.41) is 0. The smallest absolute Gasteiger partial charge is 0.242 e. The summed E-state index contributed by atoms with van der Waals surface area (Å²) in [5.74, 6) is -1.35. The molecule has 1 aliphatic rings. The number of hydrogen-bond acceptors (Lipinski definition) is 4. The van der Waals surface area contributed by atoms with Gasteiger partial charge in [0, 0.05) is 31.5 Å². The van der Waals surface area contributed by atoms with Gasteiger partial charge in [-0.1, -0.05) is 6.07 Å². The standard InChI is InChI=1S/C16H16F2N4O/c1-11-4-5-19-16(20-11)22-7-6-21(15(23)10-22)9-12-2-3-13(17)14(18)8-12/h2-5,8H,6-7,9-10H2,1H3. The van der Waals surface area contributed by atoms with Crippen LogP contribution >= 0.6 is 0 Å². The molecule has 2 heterocycles. The lowest BCUT2D eigenvalue weighted by atomic mass is 10.2. The lowest BCUT2D eigenvalue weighted by Gasteiger charge is -2.34. The number of benzene rings is 1. The summed E-state index contributed by atoms with van der Waals surface area (Å²) in [5.41, 5.74) is 1.41. The van der Waals surface area contributed by atoms with Crippen LogP contribution in [0.4, 0.5) is 14.7 Å². The second-order valence-corrected chi connectivity index (χ2v) is 5.48. The van der Waals surface area contributed by atoms with Crippen molar-refractivity contribution in [3.63, 3.8) is 0 Å². The zero-order valence-corrected chi connectivity index (χ0v) is 12.7. The van der Waals surface area contributed by atoms with E-state index in [0.29, 0.717) is 24.6 Å². The SMILES string of the molecule is Cc1ccnc(N2CCN(Cc3ccc(F)c(F)c3)C(=O)C2)n1. The van der Waals surface area contributed by atoms with Crippen LogP contribution in [0.1, 0.15) is 11.3 Å². The molecule has 0 radical (unpaired) electrons. The first-order chi connectivity index (χ1) is 11.0. The summed E-state index contributed by atoms with van der Waals surface area (Å²) in [4.78, 5) is 24.2. The third kappa shape index (κ3) is 3.44. The van der Waals surface area contributed by atoms with Crippen molar-refractivity contribution in [1.82, 2.24) is 14.9 Å². The number of halogens is 2. The Bertz CT molecular complexity index is 738. The fraction of sp³-hybridized carbons (Fsp3) is 0.312. The summed E-state index contributed by atoms with van der Waals surface area (Å²) in [6.45, 7) is 3.38. The zero-order chi connectivity index (χ0) is 16.4. The topological polar surface area (TPSA) is 49.3 Å². The van der Waals surface area contributed by atoms with Crippen molar-refractivity contribution in [2.45, 2.75) is 13.5 Å². The zero-order valence-electron chi connectivity index (χ0n) is 12.7. The molecule has 5 nitrogen and oxygen atoms in total. The Morgan fingerprint density at radius 2 is 2.00 bits per heavy atom. The quantitative estimate of drug-likeness (QED) is 0.867. The van der Waals surface area contributed by atoms with E-state index in [-0.39, 0.29) is 19.0 Å². The number of carbonyl (C=O) groups is 1. The largest absolute Gasteiger partial charge is 0.335 e. The van der Waals surface area contributed by atoms with Gasteiger partial charge >= 0.3 is 0 Å². The van der Waals surface area contributed by atoms with Crippen molar-refractivity contribution >= 4 is 11.9 Å². The lowest BCUT2D eigenvalue weighted by molar-refractivity contribution is -0.131. The Kier molecular flexibility index (Phi) is 4.18. The number of amides is 1. The monoisotopic (exact) mass is 318 g/mol. The first-order valence-corrected chi connectivity index (χ1v) is 7.29. The molecule has 1 amide bonds. The van der Waals surface area contributed by atoms with Crippen LogP contribution in [0, 0.1) is 18.6 Å². The first-order valence-electron chi connectivity index (χ1n) is 7.29. The van der Waals surface area contributed by atoms with Crippen LogP contribution in [-0.2, 0) is 11.3 Å². The molecule has 1 aliphatic heterocycles. The molecule has 0 atom stereocenters. The molecule has 1 aromatic carbocycles. The van der Waals surface area contributed by atoms with E-state index in [0.717, 1.165) is 17.8 Å². The highest BCUT2D eigenvalue weighted by molar-refractivity contribution is 5.82. The van der Waals surface area contributed by atoms with Crippen molar-refractivity contribution in [2.24, 2.45) is 0 Å². The minimum atomic E-state index is -0.901. The minimum absolute atomic E-state index is 0.0916. The summed E-state index contributed by atoms with van der Waals surface area (Å²) in [6.07, 6.45) is 1.66. The van der Waals surface area contributed by atoms with Crippen LogP contribution in [0.25, 0.3) is 0 Å². The van der Waals surface area contributed by atoms with Gasteiger partial charge < -0.3 is 9.80 Å². The van der Waals surface area contributed by atoms with Gasteiger partial charge in [-0.3, -0.25) is 4.79 Å². The van der Waals surface area contributed by atoms with Gasteiger partial charge in [0.25, 0.3) is 0 Å². The van der Waals surface area contributed by atoms with Crippen molar-refractivity contribution < 1.29 is 13.6 Å². The second kappa shape index (κ2) is 6.28. The summed E-state index contributed by atoms with van der Waals surface area (Å²) in [6, 6.07) is 5.48. The Hall–Kier alpha value is -2.57. The van der Waals surface area contributed by atoms with Crippen LogP contribution < -0.4 is 4.90 Å². The van der Waals surface area contributed by atoms with Gasteiger partial charge in [-0.05, 0) is 30.7 Å². The van der Waals surface area contributed by atoms with Crippen LogP contribution in [-0.4, -0.2) is 40.4 Å². The Balaban J connectivity index is 1.67. The van der Waals surface area contributed by atoms with Crippen molar-refractivity contribution in [3.8, 4) is 0 Å². The highest BCUT2D eigenvalue weighted by Gasteiger charge is 2.25. The van der Waals surface area contributed by atoms with Crippen LogP contribution in [0.5, 0.6) is 0 Å².